The Morgan fingerprint density at radius 3 is 2.74 bits per heavy atom. The van der Waals surface area contributed by atoms with E-state index in [1.165, 1.54) is 0 Å². The molecule has 1 saturated carbocycles. The summed E-state index contributed by atoms with van der Waals surface area (Å²) >= 11 is 6.80. The van der Waals surface area contributed by atoms with Crippen LogP contribution in [0.4, 0.5) is 0 Å². The Morgan fingerprint density at radius 1 is 1.21 bits per heavy atom. The number of ether oxygens (including phenoxy) is 4. The molecule has 1 saturated heterocycles. The third kappa shape index (κ3) is 8.15. The molecule has 0 spiro atoms. The Morgan fingerprint density at radius 2 is 2.03 bits per heavy atom. The molecular formula is C26H37ClO7. The lowest BCUT2D eigenvalue weighted by atomic mass is 9.91. The fourth-order valence-electron chi connectivity index (χ4n) is 4.70. The van der Waals surface area contributed by atoms with E-state index < -0.39 is 5.97 Å². The zero-order valence-corrected chi connectivity index (χ0v) is 20.6. The van der Waals surface area contributed by atoms with Crippen molar-refractivity contribution in [3.05, 3.63) is 35.9 Å². The van der Waals surface area contributed by atoms with Crippen LogP contribution in [0.5, 0.6) is 11.5 Å². The average molecular weight is 497 g/mol. The van der Waals surface area contributed by atoms with Crippen LogP contribution in [0.25, 0.3) is 0 Å². The average Bonchev–Trinajstić information content (AvgIpc) is 3.13. The van der Waals surface area contributed by atoms with E-state index in [0.717, 1.165) is 50.7 Å². The summed E-state index contributed by atoms with van der Waals surface area (Å²) in [7, 11) is 1.59. The first-order chi connectivity index (χ1) is 16.5. The molecular weight excluding hydrogens is 460 g/mol. The van der Waals surface area contributed by atoms with Gasteiger partial charge in [0.25, 0.3) is 0 Å². The predicted octanol–water partition coefficient (Wildman–Crippen LogP) is 4.92. The summed E-state index contributed by atoms with van der Waals surface area (Å²) in [6.07, 6.45) is 9.96. The second kappa shape index (κ2) is 13.9. The lowest BCUT2D eigenvalue weighted by Crippen LogP contribution is -2.34. The first-order valence-electron chi connectivity index (χ1n) is 12.2. The highest BCUT2D eigenvalue weighted by atomic mass is 35.5. The summed E-state index contributed by atoms with van der Waals surface area (Å²) < 4.78 is 23.7. The molecule has 1 unspecified atom stereocenters. The number of carboxylic acids is 1. The third-order valence-electron chi connectivity index (χ3n) is 6.55. The van der Waals surface area contributed by atoms with Crippen molar-refractivity contribution in [2.45, 2.75) is 75.7 Å². The van der Waals surface area contributed by atoms with E-state index in [0.29, 0.717) is 24.5 Å². The molecule has 1 aromatic rings. The number of methoxy groups -OCH3 is 1. The molecule has 2 aliphatic rings. The lowest BCUT2D eigenvalue weighted by Gasteiger charge is -2.30. The van der Waals surface area contributed by atoms with E-state index >= 15 is 0 Å². The van der Waals surface area contributed by atoms with Gasteiger partial charge < -0.3 is 29.2 Å². The number of benzene rings is 1. The Labute approximate surface area is 207 Å². The number of halogens is 1. The highest BCUT2D eigenvalue weighted by molar-refractivity contribution is 6.21. The van der Waals surface area contributed by atoms with E-state index in [9.17, 15) is 9.90 Å². The van der Waals surface area contributed by atoms with E-state index in [-0.39, 0.29) is 42.6 Å². The second-order valence-corrected chi connectivity index (χ2v) is 9.59. The van der Waals surface area contributed by atoms with Gasteiger partial charge in [-0.25, -0.2) is 0 Å². The Kier molecular flexibility index (Phi) is 11.0. The number of rotatable bonds is 13. The zero-order chi connectivity index (χ0) is 24.3. The maximum Gasteiger partial charge on any atom is 0.303 e. The summed E-state index contributed by atoms with van der Waals surface area (Å²) in [5.41, 5.74) is 0.722. The van der Waals surface area contributed by atoms with Crippen molar-refractivity contribution in [3.8, 4) is 11.5 Å². The second-order valence-electron chi connectivity index (χ2n) is 9.03. The summed E-state index contributed by atoms with van der Waals surface area (Å²) in [6, 6.07) is 5.40. The molecule has 8 heteroatoms. The minimum atomic E-state index is -0.769. The monoisotopic (exact) mass is 496 g/mol. The number of aliphatic carboxylic acids is 1. The van der Waals surface area contributed by atoms with E-state index in [1.54, 1.807) is 13.2 Å². The number of aliphatic hydroxyl groups excluding tert-OH is 1. The van der Waals surface area contributed by atoms with E-state index in [4.69, 9.17) is 35.7 Å². The highest BCUT2D eigenvalue weighted by Crippen LogP contribution is 2.42. The number of unbranched alkanes of at least 4 members (excludes halogenated alkanes) is 1. The number of allylic oxidation sites excluding steroid dienone is 2. The molecule has 1 heterocycles. The SMILES string of the molecule is COc1cc(CO)cc(OC[C@@H]2[C@@H](C/C=C\CCCC(=O)O)[C@H](Cl)C[C@H]2OC2CCCCO2)c1. The molecule has 1 aliphatic heterocycles. The minimum absolute atomic E-state index is 0.0517. The van der Waals surface area contributed by atoms with Crippen LogP contribution in [0.1, 0.15) is 56.9 Å². The molecule has 1 aromatic carbocycles. The molecule has 3 rings (SSSR count). The third-order valence-corrected chi connectivity index (χ3v) is 7.05. The normalized spacial score (nSPS) is 27.2. The van der Waals surface area contributed by atoms with Gasteiger partial charge in [0, 0.05) is 30.4 Å². The van der Waals surface area contributed by atoms with Gasteiger partial charge in [0.1, 0.15) is 11.5 Å². The van der Waals surface area contributed by atoms with Crippen LogP contribution >= 0.6 is 11.6 Å². The van der Waals surface area contributed by atoms with Crippen LogP contribution in [0.15, 0.2) is 30.4 Å². The first kappa shape index (κ1) is 26.8. The van der Waals surface area contributed by atoms with Crippen molar-refractivity contribution in [1.29, 1.82) is 0 Å². The number of carboxylic acid groups (broad SMARTS) is 1. The number of carbonyl (C=O) groups is 1. The van der Waals surface area contributed by atoms with Crippen molar-refractivity contribution in [3.63, 3.8) is 0 Å². The standard InChI is InChI=1S/C26H37ClO7/c1-31-19-12-18(16-28)13-20(14-19)33-17-22-21(8-4-2-3-5-9-25(29)30)23(27)15-24(22)34-26-10-6-7-11-32-26/h2,4,12-14,21-24,26,28H,3,5-11,15-17H2,1H3,(H,29,30)/b4-2-/t21-,22-,23-,24-,26?/m1/s1. The zero-order valence-electron chi connectivity index (χ0n) is 19.9. The van der Waals surface area contributed by atoms with Crippen molar-refractivity contribution in [1.82, 2.24) is 0 Å². The van der Waals surface area contributed by atoms with Crippen LogP contribution in [-0.2, 0) is 20.9 Å². The molecule has 34 heavy (non-hydrogen) atoms. The van der Waals surface area contributed by atoms with Gasteiger partial charge in [-0.3, -0.25) is 4.79 Å². The van der Waals surface area contributed by atoms with Crippen LogP contribution < -0.4 is 9.47 Å². The van der Waals surface area contributed by atoms with Gasteiger partial charge in [0.15, 0.2) is 6.29 Å². The molecule has 0 aromatic heterocycles. The summed E-state index contributed by atoms with van der Waals surface area (Å²) in [6.45, 7) is 1.05. The van der Waals surface area contributed by atoms with Gasteiger partial charge in [-0.1, -0.05) is 12.2 Å². The van der Waals surface area contributed by atoms with Crippen LogP contribution in [-0.4, -0.2) is 54.3 Å². The van der Waals surface area contributed by atoms with Crippen molar-refractivity contribution in [2.75, 3.05) is 20.3 Å². The fraction of sp³-hybridized carbons (Fsp3) is 0.654. The van der Waals surface area contributed by atoms with Crippen molar-refractivity contribution >= 4 is 17.6 Å². The van der Waals surface area contributed by atoms with Gasteiger partial charge >= 0.3 is 5.97 Å². The molecule has 2 N–H and O–H groups in total. The van der Waals surface area contributed by atoms with Crippen LogP contribution in [0.2, 0.25) is 0 Å². The van der Waals surface area contributed by atoms with Gasteiger partial charge in [-0.15, -0.1) is 11.6 Å². The maximum atomic E-state index is 10.7. The number of aliphatic hydroxyl groups is 1. The molecule has 7 nitrogen and oxygen atoms in total. The smallest absolute Gasteiger partial charge is 0.303 e. The molecule has 2 fully saturated rings. The maximum absolute atomic E-state index is 10.7. The molecule has 1 aliphatic carbocycles. The number of hydrogen-bond acceptors (Lipinski definition) is 6. The first-order valence-corrected chi connectivity index (χ1v) is 12.6. The quantitative estimate of drug-likeness (QED) is 0.227. The van der Waals surface area contributed by atoms with Gasteiger partial charge in [-0.05, 0) is 68.6 Å². The van der Waals surface area contributed by atoms with Gasteiger partial charge in [0.2, 0.25) is 0 Å². The topological polar surface area (TPSA) is 94.5 Å². The highest BCUT2D eigenvalue weighted by Gasteiger charge is 2.44. The van der Waals surface area contributed by atoms with E-state index in [1.807, 2.05) is 18.2 Å². The minimum Gasteiger partial charge on any atom is -0.497 e. The molecule has 0 bridgehead atoms. The Hall–Kier alpha value is -1.80. The summed E-state index contributed by atoms with van der Waals surface area (Å²) in [5, 5.41) is 18.3. The lowest BCUT2D eigenvalue weighted by molar-refractivity contribution is -0.197. The Bertz CT molecular complexity index is 771. The molecule has 5 atom stereocenters. The van der Waals surface area contributed by atoms with Crippen LogP contribution in [0.3, 0.4) is 0 Å². The largest absolute Gasteiger partial charge is 0.497 e. The summed E-state index contributed by atoms with van der Waals surface area (Å²) in [4.78, 5) is 10.7. The van der Waals surface area contributed by atoms with Crippen LogP contribution in [0, 0.1) is 11.8 Å². The molecule has 190 valence electrons. The van der Waals surface area contributed by atoms with Crippen molar-refractivity contribution < 1.29 is 34.0 Å². The molecule has 0 radical (unpaired) electrons. The van der Waals surface area contributed by atoms with E-state index in [2.05, 4.69) is 6.08 Å². The fourth-order valence-corrected chi connectivity index (χ4v) is 5.16. The summed E-state index contributed by atoms with van der Waals surface area (Å²) in [5.74, 6) is 0.730. The Balaban J connectivity index is 1.66. The number of alkyl halides is 1. The molecule has 0 amide bonds. The number of hydrogen-bond donors (Lipinski definition) is 2. The van der Waals surface area contributed by atoms with Crippen molar-refractivity contribution in [2.24, 2.45) is 11.8 Å². The van der Waals surface area contributed by atoms with Gasteiger partial charge in [0.05, 0.1) is 26.4 Å². The predicted molar refractivity (Wildman–Crippen MR) is 129 cm³/mol. The van der Waals surface area contributed by atoms with Gasteiger partial charge in [-0.2, -0.15) is 0 Å².